The third kappa shape index (κ3) is 4.81. The van der Waals surface area contributed by atoms with Gasteiger partial charge in [-0.1, -0.05) is 29.5 Å². The van der Waals surface area contributed by atoms with Crippen molar-refractivity contribution in [1.29, 1.82) is 0 Å². The maximum atomic E-state index is 13.7. The summed E-state index contributed by atoms with van der Waals surface area (Å²) < 4.78 is 19.2. The van der Waals surface area contributed by atoms with E-state index in [2.05, 4.69) is 4.99 Å². The van der Waals surface area contributed by atoms with Gasteiger partial charge < -0.3 is 18.8 Å². The fourth-order valence-corrected chi connectivity index (χ4v) is 4.97. The Labute approximate surface area is 207 Å². The van der Waals surface area contributed by atoms with Crippen molar-refractivity contribution in [3.05, 3.63) is 78.7 Å². The van der Waals surface area contributed by atoms with Gasteiger partial charge in [-0.05, 0) is 39.8 Å². The fourth-order valence-electron chi connectivity index (χ4n) is 3.94. The summed E-state index contributed by atoms with van der Waals surface area (Å²) in [5, 5.41) is 0. The van der Waals surface area contributed by atoms with E-state index in [4.69, 9.17) is 13.9 Å². The van der Waals surface area contributed by atoms with Crippen LogP contribution in [0.4, 0.5) is 5.88 Å². The van der Waals surface area contributed by atoms with Gasteiger partial charge in [0.1, 0.15) is 17.6 Å². The zero-order chi connectivity index (χ0) is 25.3. The number of carbonyl (C=O) groups excluding carboxylic acids is 1. The highest BCUT2D eigenvalue weighted by Gasteiger charge is 2.35. The van der Waals surface area contributed by atoms with Crippen LogP contribution in [0.25, 0.3) is 6.08 Å². The molecule has 1 aliphatic heterocycles. The maximum Gasteiger partial charge on any atom is 0.338 e. The molecule has 1 atom stereocenters. The highest BCUT2D eigenvalue weighted by molar-refractivity contribution is 7.07. The number of nitrogens with zero attached hydrogens (tertiary/aromatic N) is 3. The van der Waals surface area contributed by atoms with E-state index < -0.39 is 12.0 Å². The molecule has 0 amide bonds. The number of anilines is 1. The Bertz CT molecular complexity index is 1460. The van der Waals surface area contributed by atoms with E-state index in [1.807, 2.05) is 69.2 Å². The molecule has 0 fully saturated rings. The van der Waals surface area contributed by atoms with E-state index in [1.165, 1.54) is 11.3 Å². The van der Waals surface area contributed by atoms with E-state index in [-0.39, 0.29) is 18.3 Å². The summed E-state index contributed by atoms with van der Waals surface area (Å²) >= 11 is 1.25. The summed E-state index contributed by atoms with van der Waals surface area (Å²) in [5.41, 5.74) is 1.25. The molecule has 0 aliphatic carbocycles. The summed E-state index contributed by atoms with van der Waals surface area (Å²) in [6.07, 6.45) is 1.61. The number of allylic oxidation sites excluding steroid dienone is 1. The lowest BCUT2D eigenvalue weighted by Gasteiger charge is -2.26. The number of carbonyl (C=O) groups is 1. The third-order valence-electron chi connectivity index (χ3n) is 5.42. The van der Waals surface area contributed by atoms with Crippen molar-refractivity contribution in [2.75, 3.05) is 25.6 Å². The van der Waals surface area contributed by atoms with Crippen LogP contribution >= 0.6 is 11.3 Å². The Hall–Kier alpha value is -3.59. The van der Waals surface area contributed by atoms with Crippen LogP contribution in [0.15, 0.2) is 61.9 Å². The predicted octanol–water partition coefficient (Wildman–Crippen LogP) is 3.24. The number of hydrogen-bond acceptors (Lipinski definition) is 8. The smallest absolute Gasteiger partial charge is 0.338 e. The van der Waals surface area contributed by atoms with Crippen molar-refractivity contribution in [3.63, 3.8) is 0 Å². The van der Waals surface area contributed by atoms with Crippen molar-refractivity contribution in [1.82, 2.24) is 4.57 Å². The first-order chi connectivity index (χ1) is 16.7. The number of esters is 1. The molecule has 0 N–H and O–H groups in total. The minimum atomic E-state index is -0.740. The molecule has 0 radical (unpaired) electrons. The highest BCUT2D eigenvalue weighted by Crippen LogP contribution is 2.36. The fraction of sp³-hybridized carbons (Fsp3) is 0.346. The molecule has 0 spiro atoms. The second kappa shape index (κ2) is 9.95. The lowest BCUT2D eigenvalue weighted by Crippen LogP contribution is -2.40. The van der Waals surface area contributed by atoms with Gasteiger partial charge in [0.15, 0.2) is 10.7 Å². The van der Waals surface area contributed by atoms with Crippen molar-refractivity contribution in [2.24, 2.45) is 4.99 Å². The minimum absolute atomic E-state index is 0.0899. The molecular weight excluding hydrogens is 466 g/mol. The molecule has 9 heteroatoms. The topological polar surface area (TPSA) is 86.3 Å². The number of rotatable bonds is 7. The van der Waals surface area contributed by atoms with E-state index in [0.717, 1.165) is 0 Å². The van der Waals surface area contributed by atoms with Gasteiger partial charge in [0.05, 0.1) is 28.5 Å². The third-order valence-corrected chi connectivity index (χ3v) is 6.40. The van der Waals surface area contributed by atoms with Gasteiger partial charge in [0, 0.05) is 31.8 Å². The number of fused-ring (bicyclic) bond motifs is 1. The van der Waals surface area contributed by atoms with E-state index >= 15 is 0 Å². The van der Waals surface area contributed by atoms with Crippen LogP contribution in [-0.4, -0.2) is 37.3 Å². The van der Waals surface area contributed by atoms with Crippen LogP contribution in [-0.2, 0) is 9.53 Å². The average Bonchev–Trinajstić information content (AvgIpc) is 3.38. The molecule has 0 saturated carbocycles. The second-order valence-electron chi connectivity index (χ2n) is 8.58. The number of para-hydroxylation sites is 1. The molecule has 0 saturated heterocycles. The summed E-state index contributed by atoms with van der Waals surface area (Å²) in [6.45, 7) is 7.59. The van der Waals surface area contributed by atoms with Crippen molar-refractivity contribution < 1.29 is 18.7 Å². The average molecular weight is 496 g/mol. The number of aromatic nitrogens is 1. The van der Waals surface area contributed by atoms with Crippen LogP contribution in [0.5, 0.6) is 5.75 Å². The van der Waals surface area contributed by atoms with Gasteiger partial charge in [0.25, 0.3) is 5.56 Å². The van der Waals surface area contributed by atoms with Crippen LogP contribution in [0.3, 0.4) is 0 Å². The van der Waals surface area contributed by atoms with Gasteiger partial charge in [-0.15, -0.1) is 0 Å². The minimum Gasteiger partial charge on any atom is -0.491 e. The summed E-state index contributed by atoms with van der Waals surface area (Å²) in [5.74, 6) is 1.33. The zero-order valence-corrected chi connectivity index (χ0v) is 21.5. The summed E-state index contributed by atoms with van der Waals surface area (Å²) in [6, 6.07) is 10.4. The molecular formula is C26H29N3O5S. The first kappa shape index (κ1) is 24.5. The van der Waals surface area contributed by atoms with Crippen molar-refractivity contribution in [2.45, 2.75) is 39.8 Å². The molecule has 184 valence electrons. The lowest BCUT2D eigenvalue weighted by molar-refractivity contribution is -0.139. The first-order valence-corrected chi connectivity index (χ1v) is 12.2. The molecule has 1 unspecified atom stereocenters. The number of benzene rings is 1. The number of furan rings is 1. The molecule has 0 bridgehead atoms. The van der Waals surface area contributed by atoms with E-state index in [0.29, 0.717) is 43.6 Å². The molecule has 1 aliphatic rings. The van der Waals surface area contributed by atoms with Crippen LogP contribution < -0.4 is 24.5 Å². The van der Waals surface area contributed by atoms with Gasteiger partial charge in [-0.25, -0.2) is 9.79 Å². The lowest BCUT2D eigenvalue weighted by atomic mass is 9.95. The van der Waals surface area contributed by atoms with Crippen LogP contribution in [0.2, 0.25) is 0 Å². The Morgan fingerprint density at radius 1 is 1.26 bits per heavy atom. The Morgan fingerprint density at radius 2 is 2.00 bits per heavy atom. The van der Waals surface area contributed by atoms with Crippen LogP contribution in [0.1, 0.15) is 45.1 Å². The molecule has 4 rings (SSSR count). The van der Waals surface area contributed by atoms with Gasteiger partial charge in [-0.3, -0.25) is 9.36 Å². The number of hydrogen-bond donors (Lipinski definition) is 0. The molecule has 3 heterocycles. The second-order valence-corrected chi connectivity index (χ2v) is 9.59. The number of ether oxygens (including phenoxy) is 2. The van der Waals surface area contributed by atoms with Gasteiger partial charge in [-0.2, -0.15) is 0 Å². The zero-order valence-electron chi connectivity index (χ0n) is 20.7. The van der Waals surface area contributed by atoms with Gasteiger partial charge in [0.2, 0.25) is 0 Å². The first-order valence-electron chi connectivity index (χ1n) is 11.4. The predicted molar refractivity (Wildman–Crippen MR) is 136 cm³/mol. The van der Waals surface area contributed by atoms with Gasteiger partial charge >= 0.3 is 5.97 Å². The van der Waals surface area contributed by atoms with Crippen molar-refractivity contribution in [3.8, 4) is 5.75 Å². The molecule has 8 nitrogen and oxygen atoms in total. The maximum absolute atomic E-state index is 13.7. The Kier molecular flexibility index (Phi) is 6.98. The molecule has 35 heavy (non-hydrogen) atoms. The molecule has 2 aromatic heterocycles. The standard InChI is InChI=1S/C26H29N3O5S/c1-7-32-25(31)22-16(4)27-26-29(23(22)18-10-8-9-11-19(18)33-15(2)3)24(30)20(35-26)14-17-12-13-21(34-17)28(5)6/h8-15,23H,7H2,1-6H3/b20-14+. The summed E-state index contributed by atoms with van der Waals surface area (Å²) in [7, 11) is 3.76. The quantitative estimate of drug-likeness (QED) is 0.468. The highest BCUT2D eigenvalue weighted by atomic mass is 32.1. The number of thiazole rings is 1. The van der Waals surface area contributed by atoms with E-state index in [9.17, 15) is 9.59 Å². The SMILES string of the molecule is CCOC(=O)C1=C(C)N=c2s/c(=C/c3ccc(N(C)C)o3)c(=O)n2C1c1ccccc1OC(C)C. The largest absolute Gasteiger partial charge is 0.491 e. The molecule has 3 aromatic rings. The van der Waals surface area contributed by atoms with E-state index in [1.54, 1.807) is 24.5 Å². The van der Waals surface area contributed by atoms with Crippen LogP contribution in [0, 0.1) is 0 Å². The Morgan fingerprint density at radius 3 is 2.66 bits per heavy atom. The van der Waals surface area contributed by atoms with Crippen molar-refractivity contribution >= 4 is 29.3 Å². The summed E-state index contributed by atoms with van der Waals surface area (Å²) in [4.78, 5) is 33.8. The molecule has 1 aromatic carbocycles. The normalized spacial score (nSPS) is 15.7. The Balaban J connectivity index is 1.95. The monoisotopic (exact) mass is 495 g/mol.